The number of hydrogen-bond acceptors (Lipinski definition) is 3. The minimum atomic E-state index is -0.143. The van der Waals surface area contributed by atoms with E-state index < -0.39 is 0 Å². The fourth-order valence-electron chi connectivity index (χ4n) is 2.91. The Balaban J connectivity index is 0.00000182. The lowest BCUT2D eigenvalue weighted by atomic mass is 10.1. The van der Waals surface area contributed by atoms with E-state index in [0.29, 0.717) is 16.9 Å². The van der Waals surface area contributed by atoms with Gasteiger partial charge in [-0.2, -0.15) is 0 Å². The number of amides is 2. The molecule has 0 aromatic heterocycles. The first-order valence-corrected chi connectivity index (χ1v) is 8.28. The summed E-state index contributed by atoms with van der Waals surface area (Å²) < 4.78 is 0. The van der Waals surface area contributed by atoms with E-state index in [1.807, 2.05) is 36.4 Å². The van der Waals surface area contributed by atoms with Crippen LogP contribution in [0.3, 0.4) is 0 Å². The van der Waals surface area contributed by atoms with Gasteiger partial charge in [0.1, 0.15) is 0 Å². The summed E-state index contributed by atoms with van der Waals surface area (Å²) in [4.78, 5) is 24.3. The van der Waals surface area contributed by atoms with Gasteiger partial charge in [-0.05, 0) is 61.2 Å². The van der Waals surface area contributed by atoms with Gasteiger partial charge in [-0.1, -0.05) is 6.07 Å². The Hall–Kier alpha value is -2.53. The predicted molar refractivity (Wildman–Crippen MR) is 102 cm³/mol. The molecule has 1 fully saturated rings. The third-order valence-electron chi connectivity index (χ3n) is 4.41. The summed E-state index contributed by atoms with van der Waals surface area (Å²) in [6.45, 7) is 0.920. The Morgan fingerprint density at radius 2 is 1.76 bits per heavy atom. The lowest BCUT2D eigenvalue weighted by Gasteiger charge is -2.09. The molecule has 1 aliphatic heterocycles. The molecule has 0 saturated heterocycles. The number of rotatable bonds is 4. The summed E-state index contributed by atoms with van der Waals surface area (Å²) in [5.74, 6) is 0.0724. The van der Waals surface area contributed by atoms with Gasteiger partial charge in [0.05, 0.1) is 0 Å². The molecule has 0 bridgehead atoms. The second-order valence-corrected chi connectivity index (χ2v) is 6.35. The van der Waals surface area contributed by atoms with Crippen LogP contribution in [0.2, 0.25) is 0 Å². The molecule has 2 amide bonds. The molecule has 0 radical (unpaired) electrons. The third kappa shape index (κ3) is 3.94. The van der Waals surface area contributed by atoms with Crippen molar-refractivity contribution in [3.8, 4) is 0 Å². The molecule has 2 aromatic carbocycles. The zero-order valence-electron chi connectivity index (χ0n) is 13.7. The monoisotopic (exact) mass is 357 g/mol. The number of nitrogens with one attached hydrogen (secondary N) is 3. The van der Waals surface area contributed by atoms with Gasteiger partial charge >= 0.3 is 0 Å². The first-order valence-electron chi connectivity index (χ1n) is 8.28. The van der Waals surface area contributed by atoms with Crippen molar-refractivity contribution < 1.29 is 9.59 Å². The fourth-order valence-corrected chi connectivity index (χ4v) is 2.91. The van der Waals surface area contributed by atoms with Gasteiger partial charge in [0.2, 0.25) is 5.91 Å². The van der Waals surface area contributed by atoms with E-state index in [1.54, 1.807) is 6.07 Å². The van der Waals surface area contributed by atoms with Gasteiger partial charge in [0.15, 0.2) is 0 Å². The number of carbonyl (C=O) groups is 2. The molecule has 0 spiro atoms. The van der Waals surface area contributed by atoms with Crippen LogP contribution in [0.25, 0.3) is 0 Å². The molecular formula is C19H20ClN3O2. The highest BCUT2D eigenvalue weighted by Crippen LogP contribution is 2.30. The highest BCUT2D eigenvalue weighted by atomic mass is 35.5. The predicted octanol–water partition coefficient (Wildman–Crippen LogP) is 3.68. The van der Waals surface area contributed by atoms with E-state index in [2.05, 4.69) is 16.0 Å². The van der Waals surface area contributed by atoms with Crippen molar-refractivity contribution in [1.29, 1.82) is 0 Å². The number of benzene rings is 2. The number of hydrogen-bond donors (Lipinski definition) is 3. The van der Waals surface area contributed by atoms with Crippen LogP contribution in [0.5, 0.6) is 0 Å². The standard InChI is InChI=1S/C19H19N3O2.ClH/c23-18(12-4-5-12)21-15-2-1-3-16(11-15)22-19(24)14-6-7-17-13(10-14)8-9-20-17;/h1-3,6-7,10-12,20H,4-5,8-9H2,(H,21,23)(H,22,24);1H. The Morgan fingerprint density at radius 1 is 1.00 bits per heavy atom. The summed E-state index contributed by atoms with van der Waals surface area (Å²) in [5.41, 5.74) is 4.31. The molecule has 6 heteroatoms. The van der Waals surface area contributed by atoms with Crippen molar-refractivity contribution in [2.75, 3.05) is 22.5 Å². The number of anilines is 3. The minimum absolute atomic E-state index is 0. The third-order valence-corrected chi connectivity index (χ3v) is 4.41. The fraction of sp³-hybridized carbons (Fsp3) is 0.263. The Kier molecular flexibility index (Phi) is 4.95. The maximum Gasteiger partial charge on any atom is 0.255 e. The second kappa shape index (κ2) is 7.15. The largest absolute Gasteiger partial charge is 0.384 e. The molecule has 3 N–H and O–H groups in total. The maximum atomic E-state index is 12.4. The molecule has 1 saturated carbocycles. The van der Waals surface area contributed by atoms with Crippen LogP contribution in [0.15, 0.2) is 42.5 Å². The van der Waals surface area contributed by atoms with Gasteiger partial charge in [-0.15, -0.1) is 12.4 Å². The molecule has 0 atom stereocenters. The first-order chi connectivity index (χ1) is 11.7. The zero-order chi connectivity index (χ0) is 16.5. The summed E-state index contributed by atoms with van der Waals surface area (Å²) in [5, 5.41) is 9.07. The SMILES string of the molecule is Cl.O=C(Nc1cccc(NC(=O)C2CC2)c1)c1ccc2c(c1)CCN2. The van der Waals surface area contributed by atoms with Crippen molar-refractivity contribution in [1.82, 2.24) is 0 Å². The number of fused-ring (bicyclic) bond motifs is 1. The zero-order valence-corrected chi connectivity index (χ0v) is 14.5. The Bertz CT molecular complexity index is 818. The van der Waals surface area contributed by atoms with Gasteiger partial charge in [-0.3, -0.25) is 9.59 Å². The van der Waals surface area contributed by atoms with Gasteiger partial charge in [0, 0.05) is 35.1 Å². The van der Waals surface area contributed by atoms with Crippen molar-refractivity contribution in [3.05, 3.63) is 53.6 Å². The van der Waals surface area contributed by atoms with Crippen LogP contribution < -0.4 is 16.0 Å². The quantitative estimate of drug-likeness (QED) is 0.781. The molecule has 2 aromatic rings. The Labute approximate surface area is 152 Å². The summed E-state index contributed by atoms with van der Waals surface area (Å²) in [6, 6.07) is 13.0. The average molecular weight is 358 g/mol. The minimum Gasteiger partial charge on any atom is -0.384 e. The Morgan fingerprint density at radius 3 is 2.52 bits per heavy atom. The van der Waals surface area contributed by atoms with Crippen LogP contribution in [0.1, 0.15) is 28.8 Å². The van der Waals surface area contributed by atoms with Gasteiger partial charge in [-0.25, -0.2) is 0 Å². The smallest absolute Gasteiger partial charge is 0.255 e. The molecule has 1 heterocycles. The van der Waals surface area contributed by atoms with E-state index in [4.69, 9.17) is 0 Å². The summed E-state index contributed by atoms with van der Waals surface area (Å²) in [7, 11) is 0. The van der Waals surface area contributed by atoms with Gasteiger partial charge in [0.25, 0.3) is 5.91 Å². The molecular weight excluding hydrogens is 338 g/mol. The average Bonchev–Trinajstić information content (AvgIpc) is 3.33. The molecule has 0 unspecified atom stereocenters. The van der Waals surface area contributed by atoms with E-state index in [0.717, 1.165) is 31.5 Å². The maximum absolute atomic E-state index is 12.4. The summed E-state index contributed by atoms with van der Waals surface area (Å²) >= 11 is 0. The second-order valence-electron chi connectivity index (χ2n) is 6.35. The first kappa shape index (κ1) is 17.3. The molecule has 1 aliphatic carbocycles. The molecule has 5 nitrogen and oxygen atoms in total. The molecule has 130 valence electrons. The van der Waals surface area contributed by atoms with E-state index in [1.165, 1.54) is 5.56 Å². The van der Waals surface area contributed by atoms with Crippen molar-refractivity contribution in [2.45, 2.75) is 19.3 Å². The van der Waals surface area contributed by atoms with Gasteiger partial charge < -0.3 is 16.0 Å². The van der Waals surface area contributed by atoms with Crippen LogP contribution in [-0.2, 0) is 11.2 Å². The van der Waals surface area contributed by atoms with Crippen LogP contribution in [0.4, 0.5) is 17.1 Å². The highest BCUT2D eigenvalue weighted by Gasteiger charge is 2.29. The molecule has 2 aliphatic rings. The lowest BCUT2D eigenvalue weighted by molar-refractivity contribution is -0.117. The molecule has 25 heavy (non-hydrogen) atoms. The van der Waals surface area contributed by atoms with E-state index in [-0.39, 0.29) is 30.1 Å². The van der Waals surface area contributed by atoms with E-state index in [9.17, 15) is 9.59 Å². The number of halogens is 1. The topological polar surface area (TPSA) is 70.2 Å². The van der Waals surface area contributed by atoms with Crippen molar-refractivity contribution in [2.24, 2.45) is 5.92 Å². The van der Waals surface area contributed by atoms with Crippen LogP contribution in [-0.4, -0.2) is 18.4 Å². The van der Waals surface area contributed by atoms with Crippen LogP contribution in [0, 0.1) is 5.92 Å². The normalized spacial score (nSPS) is 14.7. The summed E-state index contributed by atoms with van der Waals surface area (Å²) in [6.07, 6.45) is 2.88. The van der Waals surface area contributed by atoms with Crippen molar-refractivity contribution in [3.63, 3.8) is 0 Å². The molecule has 4 rings (SSSR count). The van der Waals surface area contributed by atoms with Crippen LogP contribution >= 0.6 is 12.4 Å². The van der Waals surface area contributed by atoms with Crippen molar-refractivity contribution >= 4 is 41.3 Å². The highest BCUT2D eigenvalue weighted by molar-refractivity contribution is 6.05. The number of carbonyl (C=O) groups excluding carboxylic acids is 2. The van der Waals surface area contributed by atoms with E-state index >= 15 is 0 Å². The lowest BCUT2D eigenvalue weighted by Crippen LogP contribution is -2.15.